The van der Waals surface area contributed by atoms with Crippen molar-refractivity contribution in [3.63, 3.8) is 0 Å². The maximum absolute atomic E-state index is 11.2. The number of rotatable bonds is 2. The molecule has 0 aromatic heterocycles. The van der Waals surface area contributed by atoms with E-state index >= 15 is 0 Å². The van der Waals surface area contributed by atoms with Crippen molar-refractivity contribution in [3.8, 4) is 5.75 Å². The van der Waals surface area contributed by atoms with Gasteiger partial charge >= 0.3 is 5.97 Å². The first-order valence-electron chi connectivity index (χ1n) is 4.07. The second-order valence-corrected chi connectivity index (χ2v) is 3.95. The fourth-order valence-corrected chi connectivity index (χ4v) is 1.00. The molecule has 0 atom stereocenters. The molecular weight excluding hydrogens is 297 g/mol. The molecule has 0 saturated heterocycles. The van der Waals surface area contributed by atoms with Crippen molar-refractivity contribution in [2.75, 3.05) is 0 Å². The monoisotopic (exact) mass is 306 g/mol. The van der Waals surface area contributed by atoms with Gasteiger partial charge in [0.1, 0.15) is 5.75 Å². The van der Waals surface area contributed by atoms with Crippen LogP contribution in [-0.2, 0) is 24.3 Å². The number of esters is 1. The summed E-state index contributed by atoms with van der Waals surface area (Å²) in [6.07, 6.45) is 0. The van der Waals surface area contributed by atoms with E-state index in [2.05, 4.69) is 15.9 Å². The molecule has 0 aliphatic heterocycles. The van der Waals surface area contributed by atoms with Crippen molar-refractivity contribution < 1.29 is 29.0 Å². The molecule has 0 heterocycles. The molecule has 0 radical (unpaired) electrons. The SMILES string of the molecule is CC(C)C(=O)Oc1ccc(Br)cc1.[Zn]. The summed E-state index contributed by atoms with van der Waals surface area (Å²) in [5.74, 6) is 0.285. The smallest absolute Gasteiger partial charge is 0.313 e. The third-order valence-corrected chi connectivity index (χ3v) is 2.03. The predicted octanol–water partition coefficient (Wildman–Crippen LogP) is 3.01. The summed E-state index contributed by atoms with van der Waals surface area (Å²) in [5, 5.41) is 0. The molecule has 0 bridgehead atoms. The Morgan fingerprint density at radius 1 is 1.29 bits per heavy atom. The maximum atomic E-state index is 11.2. The fourth-order valence-electron chi connectivity index (χ4n) is 0.737. The van der Waals surface area contributed by atoms with Crippen molar-refractivity contribution in [3.05, 3.63) is 28.7 Å². The molecule has 14 heavy (non-hydrogen) atoms. The topological polar surface area (TPSA) is 26.3 Å². The summed E-state index contributed by atoms with van der Waals surface area (Å²) >= 11 is 3.30. The first kappa shape index (κ1) is 13.8. The number of hydrogen-bond acceptors (Lipinski definition) is 2. The van der Waals surface area contributed by atoms with Crippen LogP contribution in [0.4, 0.5) is 0 Å². The van der Waals surface area contributed by atoms with E-state index in [0.29, 0.717) is 5.75 Å². The first-order valence-corrected chi connectivity index (χ1v) is 4.86. The Bertz CT molecular complexity index is 295. The van der Waals surface area contributed by atoms with Gasteiger partial charge in [-0.15, -0.1) is 0 Å². The number of halogens is 1. The quantitative estimate of drug-likeness (QED) is 0.477. The van der Waals surface area contributed by atoms with Gasteiger partial charge in [-0.1, -0.05) is 29.8 Å². The fraction of sp³-hybridized carbons (Fsp3) is 0.300. The van der Waals surface area contributed by atoms with Crippen molar-refractivity contribution in [2.45, 2.75) is 13.8 Å². The third-order valence-electron chi connectivity index (χ3n) is 1.50. The van der Waals surface area contributed by atoms with Crippen molar-refractivity contribution in [1.29, 1.82) is 0 Å². The van der Waals surface area contributed by atoms with Crippen LogP contribution >= 0.6 is 15.9 Å². The number of ether oxygens (including phenoxy) is 1. The molecule has 0 amide bonds. The molecule has 0 N–H and O–H groups in total. The van der Waals surface area contributed by atoms with Gasteiger partial charge in [0, 0.05) is 24.0 Å². The van der Waals surface area contributed by atoms with Gasteiger partial charge < -0.3 is 4.74 Å². The molecule has 1 aromatic rings. The van der Waals surface area contributed by atoms with Crippen molar-refractivity contribution in [2.24, 2.45) is 5.92 Å². The van der Waals surface area contributed by atoms with Crippen LogP contribution in [0.2, 0.25) is 0 Å². The Balaban J connectivity index is 0.00000169. The van der Waals surface area contributed by atoms with Gasteiger partial charge in [0.15, 0.2) is 0 Å². The Hall–Kier alpha value is -0.207. The molecule has 0 spiro atoms. The second kappa shape index (κ2) is 6.31. The first-order chi connectivity index (χ1) is 6.09. The molecule has 0 aliphatic carbocycles. The summed E-state index contributed by atoms with van der Waals surface area (Å²) in [6.45, 7) is 3.61. The number of benzene rings is 1. The Morgan fingerprint density at radius 3 is 2.21 bits per heavy atom. The molecule has 0 fully saturated rings. The van der Waals surface area contributed by atoms with Crippen LogP contribution < -0.4 is 4.74 Å². The van der Waals surface area contributed by atoms with Crippen LogP contribution in [0.5, 0.6) is 5.75 Å². The molecular formula is C10H11BrO2Zn. The zero-order chi connectivity index (χ0) is 9.84. The molecule has 0 unspecified atom stereocenters. The molecule has 0 aliphatic rings. The summed E-state index contributed by atoms with van der Waals surface area (Å²) in [6, 6.07) is 7.18. The van der Waals surface area contributed by atoms with Gasteiger partial charge in [0.05, 0.1) is 5.92 Å². The van der Waals surface area contributed by atoms with Gasteiger partial charge in [-0.05, 0) is 24.3 Å². The molecule has 1 rings (SSSR count). The Kier molecular flexibility index (Phi) is 6.22. The van der Waals surface area contributed by atoms with E-state index in [9.17, 15) is 4.79 Å². The van der Waals surface area contributed by atoms with Crippen molar-refractivity contribution in [1.82, 2.24) is 0 Å². The van der Waals surface area contributed by atoms with Gasteiger partial charge in [-0.3, -0.25) is 4.79 Å². The summed E-state index contributed by atoms with van der Waals surface area (Å²) in [4.78, 5) is 11.2. The van der Waals surface area contributed by atoms with Crippen LogP contribution in [-0.4, -0.2) is 5.97 Å². The minimum absolute atomic E-state index is 0. The number of hydrogen-bond donors (Lipinski definition) is 0. The second-order valence-electron chi connectivity index (χ2n) is 3.03. The summed E-state index contributed by atoms with van der Waals surface area (Å²) in [7, 11) is 0. The molecule has 4 heteroatoms. The number of carbonyl (C=O) groups is 1. The molecule has 2 nitrogen and oxygen atoms in total. The molecule has 1 aromatic carbocycles. The molecule has 72 valence electrons. The average molecular weight is 308 g/mol. The third kappa shape index (κ3) is 4.34. The minimum atomic E-state index is -0.206. The largest absolute Gasteiger partial charge is 0.426 e. The van der Waals surface area contributed by atoms with Crippen LogP contribution in [0.1, 0.15) is 13.8 Å². The van der Waals surface area contributed by atoms with Crippen LogP contribution in [0, 0.1) is 5.92 Å². The van der Waals surface area contributed by atoms with E-state index in [1.54, 1.807) is 26.0 Å². The van der Waals surface area contributed by atoms with Gasteiger partial charge in [0.2, 0.25) is 0 Å². The number of carbonyl (C=O) groups excluding carboxylic acids is 1. The van der Waals surface area contributed by atoms with Crippen molar-refractivity contribution >= 4 is 21.9 Å². The zero-order valence-corrected chi connectivity index (χ0v) is 12.8. The standard InChI is InChI=1S/C10H11BrO2.Zn/c1-7(2)10(12)13-9-5-3-8(11)4-6-9;/h3-7H,1-2H3;. The summed E-state index contributed by atoms with van der Waals surface area (Å²) < 4.78 is 6.04. The Morgan fingerprint density at radius 2 is 1.79 bits per heavy atom. The average Bonchev–Trinajstić information content (AvgIpc) is 2.08. The van der Waals surface area contributed by atoms with Gasteiger partial charge in [-0.2, -0.15) is 0 Å². The van der Waals surface area contributed by atoms with E-state index in [4.69, 9.17) is 4.74 Å². The zero-order valence-electron chi connectivity index (χ0n) is 8.29. The maximum Gasteiger partial charge on any atom is 0.313 e. The minimum Gasteiger partial charge on any atom is -0.426 e. The van der Waals surface area contributed by atoms with Gasteiger partial charge in [-0.25, -0.2) is 0 Å². The van der Waals surface area contributed by atoms with Crippen LogP contribution in [0.3, 0.4) is 0 Å². The van der Waals surface area contributed by atoms with E-state index < -0.39 is 0 Å². The van der Waals surface area contributed by atoms with Crippen LogP contribution in [0.15, 0.2) is 28.7 Å². The van der Waals surface area contributed by atoms with E-state index in [0.717, 1.165) is 4.47 Å². The summed E-state index contributed by atoms with van der Waals surface area (Å²) in [5.41, 5.74) is 0. The predicted molar refractivity (Wildman–Crippen MR) is 54.6 cm³/mol. The Labute approximate surface area is 105 Å². The van der Waals surface area contributed by atoms with Gasteiger partial charge in [0.25, 0.3) is 0 Å². The van der Waals surface area contributed by atoms with Crippen LogP contribution in [0.25, 0.3) is 0 Å². The molecule has 0 saturated carbocycles. The van der Waals surface area contributed by atoms with E-state index in [-0.39, 0.29) is 31.4 Å². The van der Waals surface area contributed by atoms with E-state index in [1.807, 2.05) is 12.1 Å². The normalized spacial score (nSPS) is 9.43. The van der Waals surface area contributed by atoms with E-state index in [1.165, 1.54) is 0 Å².